The Morgan fingerprint density at radius 1 is 1.32 bits per heavy atom. The van der Waals surface area contributed by atoms with E-state index < -0.39 is 5.91 Å². The first-order valence-corrected chi connectivity index (χ1v) is 8.87. The molecule has 7 heteroatoms. The van der Waals surface area contributed by atoms with Crippen LogP contribution in [0.4, 0.5) is 5.69 Å². The van der Waals surface area contributed by atoms with Crippen LogP contribution < -0.4 is 10.1 Å². The molecule has 25 heavy (non-hydrogen) atoms. The van der Waals surface area contributed by atoms with Crippen LogP contribution >= 0.6 is 31.9 Å². The number of phenolic OH excluding ortho intramolecular Hbond substituents is 1. The number of nitriles is 1. The van der Waals surface area contributed by atoms with Crippen molar-refractivity contribution in [2.24, 2.45) is 0 Å². The van der Waals surface area contributed by atoms with Crippen LogP contribution in [0.5, 0.6) is 11.5 Å². The molecule has 0 saturated heterocycles. The van der Waals surface area contributed by atoms with Crippen molar-refractivity contribution in [3.05, 3.63) is 56.5 Å². The molecule has 0 spiro atoms. The fourth-order valence-corrected chi connectivity index (χ4v) is 2.85. The van der Waals surface area contributed by atoms with Crippen molar-refractivity contribution in [2.75, 3.05) is 11.9 Å². The topological polar surface area (TPSA) is 82.3 Å². The highest BCUT2D eigenvalue weighted by molar-refractivity contribution is 9.11. The molecule has 2 N–H and O–H groups in total. The fourth-order valence-electron chi connectivity index (χ4n) is 2.01. The lowest BCUT2D eigenvalue weighted by Crippen LogP contribution is -2.13. The van der Waals surface area contributed by atoms with Gasteiger partial charge in [-0.25, -0.2) is 0 Å². The summed E-state index contributed by atoms with van der Waals surface area (Å²) in [6.07, 6.45) is 1.43. The SMILES string of the molecule is CCOc1cc(/C=C(/C#N)C(=O)Nc2ccccc2Br)cc(Br)c1O. The minimum Gasteiger partial charge on any atom is -0.503 e. The molecule has 0 saturated carbocycles. The van der Waals surface area contributed by atoms with E-state index in [1.54, 1.807) is 37.3 Å². The molecule has 128 valence electrons. The van der Waals surface area contributed by atoms with Gasteiger partial charge in [-0.1, -0.05) is 12.1 Å². The van der Waals surface area contributed by atoms with E-state index in [0.717, 1.165) is 0 Å². The molecule has 1 amide bonds. The molecule has 0 fully saturated rings. The van der Waals surface area contributed by atoms with E-state index in [1.165, 1.54) is 6.08 Å². The quantitative estimate of drug-likeness (QED) is 0.487. The molecular weight excluding hydrogens is 452 g/mol. The smallest absolute Gasteiger partial charge is 0.266 e. The lowest BCUT2D eigenvalue weighted by Gasteiger charge is -2.09. The molecule has 5 nitrogen and oxygen atoms in total. The van der Waals surface area contributed by atoms with Crippen molar-refractivity contribution in [1.29, 1.82) is 5.26 Å². The van der Waals surface area contributed by atoms with E-state index in [0.29, 0.717) is 26.8 Å². The second-order valence-electron chi connectivity index (χ2n) is 4.89. The minimum absolute atomic E-state index is 0.0322. The lowest BCUT2D eigenvalue weighted by molar-refractivity contribution is -0.112. The number of benzene rings is 2. The Morgan fingerprint density at radius 2 is 2.04 bits per heavy atom. The minimum atomic E-state index is -0.531. The van der Waals surface area contributed by atoms with Crippen LogP contribution in [0.3, 0.4) is 0 Å². The molecule has 0 atom stereocenters. The molecule has 0 aromatic heterocycles. The third-order valence-electron chi connectivity index (χ3n) is 3.15. The molecule has 2 aromatic carbocycles. The van der Waals surface area contributed by atoms with Crippen molar-refractivity contribution in [2.45, 2.75) is 6.92 Å². The summed E-state index contributed by atoms with van der Waals surface area (Å²) in [5.41, 5.74) is 1.04. The number of carbonyl (C=O) groups excluding carboxylic acids is 1. The van der Waals surface area contributed by atoms with Gasteiger partial charge in [0.2, 0.25) is 0 Å². The van der Waals surface area contributed by atoms with E-state index in [2.05, 4.69) is 37.2 Å². The number of anilines is 1. The van der Waals surface area contributed by atoms with Crippen LogP contribution in [0.25, 0.3) is 6.08 Å². The van der Waals surface area contributed by atoms with Gasteiger partial charge in [0.05, 0.1) is 16.8 Å². The Hall–Kier alpha value is -2.30. The maximum atomic E-state index is 12.3. The summed E-state index contributed by atoms with van der Waals surface area (Å²) in [6, 6.07) is 12.2. The van der Waals surface area contributed by atoms with Crippen LogP contribution in [0.1, 0.15) is 12.5 Å². The summed E-state index contributed by atoms with van der Waals surface area (Å²) in [7, 11) is 0. The second-order valence-corrected chi connectivity index (χ2v) is 6.59. The number of aromatic hydroxyl groups is 1. The zero-order valence-corrected chi connectivity index (χ0v) is 16.4. The number of nitrogens with one attached hydrogen (secondary N) is 1. The van der Waals surface area contributed by atoms with E-state index in [4.69, 9.17) is 4.74 Å². The van der Waals surface area contributed by atoms with Crippen LogP contribution in [0.2, 0.25) is 0 Å². The standard InChI is InChI=1S/C18H14Br2N2O3/c1-2-25-16-9-11(8-14(20)17(16)23)7-12(10-21)18(24)22-15-6-4-3-5-13(15)19/h3-9,23H,2H2,1H3,(H,22,24)/b12-7-. The zero-order chi connectivity index (χ0) is 18.4. The van der Waals surface area contributed by atoms with Crippen LogP contribution in [-0.2, 0) is 4.79 Å². The fraction of sp³-hybridized carbons (Fsp3) is 0.111. The van der Waals surface area contributed by atoms with E-state index >= 15 is 0 Å². The monoisotopic (exact) mass is 464 g/mol. The maximum absolute atomic E-state index is 12.3. The molecule has 0 bridgehead atoms. The molecule has 2 aromatic rings. The van der Waals surface area contributed by atoms with E-state index in [1.807, 2.05) is 12.1 Å². The first-order chi connectivity index (χ1) is 12.0. The van der Waals surface area contributed by atoms with Crippen molar-refractivity contribution in [3.8, 4) is 17.6 Å². The average molecular weight is 466 g/mol. The highest BCUT2D eigenvalue weighted by atomic mass is 79.9. The number of ether oxygens (including phenoxy) is 1. The highest BCUT2D eigenvalue weighted by Gasteiger charge is 2.13. The molecule has 0 aliphatic carbocycles. The first-order valence-electron chi connectivity index (χ1n) is 7.29. The predicted octanol–water partition coefficient (Wildman–Crippen LogP) is 4.86. The van der Waals surface area contributed by atoms with Crippen molar-refractivity contribution < 1.29 is 14.6 Å². The third kappa shape index (κ3) is 4.84. The Kier molecular flexibility index (Phi) is 6.62. The molecule has 2 rings (SSSR count). The number of amides is 1. The zero-order valence-electron chi connectivity index (χ0n) is 13.2. The van der Waals surface area contributed by atoms with Gasteiger partial charge in [0.15, 0.2) is 11.5 Å². The van der Waals surface area contributed by atoms with Crippen LogP contribution in [-0.4, -0.2) is 17.6 Å². The molecule has 0 heterocycles. The molecule has 0 aliphatic heterocycles. The van der Waals surface area contributed by atoms with Crippen molar-refractivity contribution >= 4 is 49.5 Å². The Bertz CT molecular complexity index is 873. The van der Waals surface area contributed by atoms with Gasteiger partial charge >= 0.3 is 0 Å². The number of carbonyl (C=O) groups is 1. The van der Waals surface area contributed by atoms with Gasteiger partial charge in [0.1, 0.15) is 11.6 Å². The first kappa shape index (κ1) is 19.0. The summed E-state index contributed by atoms with van der Waals surface area (Å²) < 4.78 is 6.47. The highest BCUT2D eigenvalue weighted by Crippen LogP contribution is 2.36. The van der Waals surface area contributed by atoms with Crippen molar-refractivity contribution in [1.82, 2.24) is 0 Å². The summed E-state index contributed by atoms with van der Waals surface area (Å²) in [5.74, 6) is -0.293. The number of para-hydroxylation sites is 1. The molecule has 0 unspecified atom stereocenters. The van der Waals surface area contributed by atoms with Gasteiger partial charge in [-0.05, 0) is 74.7 Å². The number of rotatable bonds is 5. The largest absolute Gasteiger partial charge is 0.503 e. The maximum Gasteiger partial charge on any atom is 0.266 e. The van der Waals surface area contributed by atoms with E-state index in [-0.39, 0.29) is 17.1 Å². The predicted molar refractivity (Wildman–Crippen MR) is 103 cm³/mol. The van der Waals surface area contributed by atoms with Gasteiger partial charge in [-0.3, -0.25) is 4.79 Å². The third-order valence-corrected chi connectivity index (χ3v) is 4.44. The van der Waals surface area contributed by atoms with Gasteiger partial charge in [0, 0.05) is 4.47 Å². The van der Waals surface area contributed by atoms with E-state index in [9.17, 15) is 15.2 Å². The van der Waals surface area contributed by atoms with Gasteiger partial charge < -0.3 is 15.2 Å². The Morgan fingerprint density at radius 3 is 2.68 bits per heavy atom. The van der Waals surface area contributed by atoms with Crippen LogP contribution in [0, 0.1) is 11.3 Å². The Balaban J connectivity index is 2.32. The van der Waals surface area contributed by atoms with Gasteiger partial charge in [-0.2, -0.15) is 5.26 Å². The molecular formula is C18H14Br2N2O3. The number of hydrogen-bond donors (Lipinski definition) is 2. The average Bonchev–Trinajstić information content (AvgIpc) is 2.59. The number of nitrogens with zero attached hydrogens (tertiary/aromatic N) is 1. The van der Waals surface area contributed by atoms with Gasteiger partial charge in [0.25, 0.3) is 5.91 Å². The molecule has 0 aliphatic rings. The molecule has 0 radical (unpaired) electrons. The number of phenols is 1. The normalized spacial score (nSPS) is 10.9. The number of hydrogen-bond acceptors (Lipinski definition) is 4. The summed E-state index contributed by atoms with van der Waals surface area (Å²) in [4.78, 5) is 12.3. The summed E-state index contributed by atoms with van der Waals surface area (Å²) >= 11 is 6.57. The lowest BCUT2D eigenvalue weighted by atomic mass is 10.1. The van der Waals surface area contributed by atoms with Crippen LogP contribution in [0.15, 0.2) is 50.9 Å². The summed E-state index contributed by atoms with van der Waals surface area (Å²) in [5, 5.41) is 21.9. The number of halogens is 2. The second kappa shape index (κ2) is 8.70. The van der Waals surface area contributed by atoms with Crippen molar-refractivity contribution in [3.63, 3.8) is 0 Å². The van der Waals surface area contributed by atoms with Gasteiger partial charge in [-0.15, -0.1) is 0 Å². The Labute approximate surface area is 162 Å². The summed E-state index contributed by atoms with van der Waals surface area (Å²) in [6.45, 7) is 2.17.